The monoisotopic (exact) mass is 506 g/mol. The molecule has 0 aliphatic heterocycles. The molecule has 0 unspecified atom stereocenters. The van der Waals surface area contributed by atoms with Crippen LogP contribution in [-0.2, 0) is 0 Å². The van der Waals surface area contributed by atoms with E-state index in [1.807, 2.05) is 0 Å². The maximum atomic E-state index is 13.7. The van der Waals surface area contributed by atoms with Crippen molar-refractivity contribution in [3.63, 3.8) is 0 Å². The topological polar surface area (TPSA) is 20.2 Å². The number of halogens is 14. The van der Waals surface area contributed by atoms with E-state index in [2.05, 4.69) is 0 Å². The smallest absolute Gasteiger partial charge is 0.384 e. The van der Waals surface area contributed by atoms with Gasteiger partial charge in [-0.05, 0) is 32.6 Å². The molecule has 32 heavy (non-hydrogen) atoms. The summed E-state index contributed by atoms with van der Waals surface area (Å²) < 4.78 is 190. The van der Waals surface area contributed by atoms with Crippen LogP contribution in [0.3, 0.4) is 0 Å². The van der Waals surface area contributed by atoms with Gasteiger partial charge in [0.15, 0.2) is 0 Å². The zero-order chi connectivity index (χ0) is 25.9. The maximum absolute atomic E-state index is 13.7. The van der Waals surface area contributed by atoms with Gasteiger partial charge in [-0.2, -0.15) is 61.5 Å². The van der Waals surface area contributed by atoms with Crippen LogP contribution in [0.25, 0.3) is 0 Å². The minimum atomic E-state index is -8.04. The van der Waals surface area contributed by atoms with Gasteiger partial charge in [-0.25, -0.2) is 0 Å². The van der Waals surface area contributed by atoms with Gasteiger partial charge in [0, 0.05) is 19.4 Å². The molecule has 0 saturated carbocycles. The van der Waals surface area contributed by atoms with Crippen molar-refractivity contribution >= 4 is 0 Å². The van der Waals surface area contributed by atoms with Crippen molar-refractivity contribution in [3.8, 4) is 0 Å². The van der Waals surface area contributed by atoms with Crippen molar-refractivity contribution < 1.29 is 66.6 Å². The highest BCUT2D eigenvalue weighted by Gasteiger charge is 2.92. The van der Waals surface area contributed by atoms with Gasteiger partial charge >= 0.3 is 41.5 Å². The minimum absolute atomic E-state index is 0.0160. The summed E-state index contributed by atoms with van der Waals surface area (Å²) in [6.45, 7) is 0.150. The van der Waals surface area contributed by atoms with Crippen LogP contribution in [0, 0.1) is 0 Å². The zero-order valence-electron chi connectivity index (χ0n) is 16.3. The molecule has 1 nitrogen and oxygen atoms in total. The van der Waals surface area contributed by atoms with Crippen molar-refractivity contribution in [1.82, 2.24) is 0 Å². The van der Waals surface area contributed by atoms with E-state index in [-0.39, 0.29) is 12.8 Å². The van der Waals surface area contributed by atoms with Crippen molar-refractivity contribution in [2.75, 3.05) is 6.61 Å². The van der Waals surface area contributed by atoms with Crippen LogP contribution in [0.2, 0.25) is 0 Å². The Hall–Kier alpha value is -1.28. The van der Waals surface area contributed by atoms with Gasteiger partial charge in [-0.1, -0.05) is 12.2 Å². The Kier molecular flexibility index (Phi) is 9.52. The van der Waals surface area contributed by atoms with Crippen LogP contribution in [-0.4, -0.2) is 53.2 Å². The molecule has 0 atom stereocenters. The van der Waals surface area contributed by atoms with Crippen molar-refractivity contribution in [3.05, 3.63) is 12.2 Å². The van der Waals surface area contributed by atoms with E-state index in [1.165, 1.54) is 19.1 Å². The van der Waals surface area contributed by atoms with E-state index in [1.54, 1.807) is 0 Å². The van der Waals surface area contributed by atoms with E-state index in [9.17, 15) is 61.5 Å². The number of unbranched alkanes of at least 4 members (excludes halogenated alkanes) is 2. The molecule has 192 valence electrons. The average Bonchev–Trinajstić information content (AvgIpc) is 2.65. The largest absolute Gasteiger partial charge is 0.396 e. The Balaban J connectivity index is 6.12. The molecule has 0 amide bonds. The highest BCUT2D eigenvalue weighted by molar-refractivity contribution is 5.14. The highest BCUT2D eigenvalue weighted by atomic mass is 19.4. The lowest BCUT2D eigenvalue weighted by Gasteiger charge is -2.42. The first-order valence-electron chi connectivity index (χ1n) is 8.99. The summed E-state index contributed by atoms with van der Waals surface area (Å²) in [5.41, 5.74) is 0. The standard InChI is InChI=1S/C17H20F14O/c1-2-3-4-5-6-8-11(18,19)13(22,23)15(26,27)17(30,31)16(28,29)14(24,25)12(20,21)9-7-10-32/h2-3,32H,4-10H2,1H3/b3-2+. The summed E-state index contributed by atoms with van der Waals surface area (Å²) in [6, 6.07) is 0. The number of hydrogen-bond donors (Lipinski definition) is 1. The quantitative estimate of drug-likeness (QED) is 0.149. The molecule has 0 spiro atoms. The minimum Gasteiger partial charge on any atom is -0.396 e. The number of rotatable bonds is 14. The molecule has 0 aromatic rings. The van der Waals surface area contributed by atoms with Gasteiger partial charge in [0.2, 0.25) is 0 Å². The summed E-state index contributed by atoms with van der Waals surface area (Å²) in [4.78, 5) is 0. The second kappa shape index (κ2) is 9.92. The van der Waals surface area contributed by atoms with E-state index >= 15 is 0 Å². The SMILES string of the molecule is C/C=C/CCCCC(F)(F)C(F)(F)C(F)(F)C(F)(F)C(F)(F)C(F)(F)C(F)(F)CCCO. The predicted octanol–water partition coefficient (Wildman–Crippen LogP) is 7.34. The Labute approximate surface area is 173 Å². The van der Waals surface area contributed by atoms with Crippen LogP contribution >= 0.6 is 0 Å². The van der Waals surface area contributed by atoms with E-state index in [4.69, 9.17) is 5.11 Å². The first-order valence-corrected chi connectivity index (χ1v) is 8.99. The molecule has 0 aliphatic carbocycles. The number of aliphatic hydroxyl groups excluding tert-OH is 1. The third kappa shape index (κ3) is 5.11. The lowest BCUT2D eigenvalue weighted by Crippen LogP contribution is -2.73. The molecule has 0 aromatic heterocycles. The Morgan fingerprint density at radius 2 is 0.875 bits per heavy atom. The van der Waals surface area contributed by atoms with E-state index in [0.29, 0.717) is 0 Å². The number of hydrogen-bond acceptors (Lipinski definition) is 1. The molecule has 0 aromatic carbocycles. The van der Waals surface area contributed by atoms with Crippen LogP contribution in [0.5, 0.6) is 0 Å². The fraction of sp³-hybridized carbons (Fsp3) is 0.882. The Morgan fingerprint density at radius 1 is 0.531 bits per heavy atom. The van der Waals surface area contributed by atoms with Gasteiger partial charge in [0.05, 0.1) is 0 Å². The maximum Gasteiger partial charge on any atom is 0.384 e. The molecule has 0 saturated heterocycles. The third-order valence-corrected chi connectivity index (χ3v) is 4.49. The average molecular weight is 506 g/mol. The summed E-state index contributed by atoms with van der Waals surface area (Å²) in [5, 5.41) is 8.28. The third-order valence-electron chi connectivity index (χ3n) is 4.49. The van der Waals surface area contributed by atoms with Crippen molar-refractivity contribution in [2.24, 2.45) is 0 Å². The van der Waals surface area contributed by atoms with Gasteiger partial charge < -0.3 is 5.11 Å². The van der Waals surface area contributed by atoms with Crippen LogP contribution in [0.15, 0.2) is 12.2 Å². The Morgan fingerprint density at radius 3 is 1.22 bits per heavy atom. The first kappa shape index (κ1) is 30.7. The number of allylic oxidation sites excluding steroid dienone is 2. The van der Waals surface area contributed by atoms with Crippen LogP contribution in [0.1, 0.15) is 45.4 Å². The fourth-order valence-electron chi connectivity index (χ4n) is 2.44. The lowest BCUT2D eigenvalue weighted by atomic mass is 9.87. The van der Waals surface area contributed by atoms with Gasteiger partial charge in [0.25, 0.3) is 0 Å². The van der Waals surface area contributed by atoms with E-state index in [0.717, 1.165) is 0 Å². The highest BCUT2D eigenvalue weighted by Crippen LogP contribution is 2.63. The van der Waals surface area contributed by atoms with Crippen molar-refractivity contribution in [2.45, 2.75) is 86.9 Å². The van der Waals surface area contributed by atoms with Gasteiger partial charge in [0.1, 0.15) is 0 Å². The van der Waals surface area contributed by atoms with Crippen molar-refractivity contribution in [1.29, 1.82) is 0 Å². The molecule has 0 radical (unpaired) electrons. The van der Waals surface area contributed by atoms with E-state index < -0.39 is 73.7 Å². The molecular weight excluding hydrogens is 486 g/mol. The second-order valence-corrected chi connectivity index (χ2v) is 6.92. The molecular formula is C17H20F14O. The second-order valence-electron chi connectivity index (χ2n) is 6.92. The molecule has 0 fully saturated rings. The molecule has 0 bridgehead atoms. The summed E-state index contributed by atoms with van der Waals surface area (Å²) >= 11 is 0. The fourth-order valence-corrected chi connectivity index (χ4v) is 2.44. The lowest BCUT2D eigenvalue weighted by molar-refractivity contribution is -0.442. The molecule has 0 aliphatic rings. The summed E-state index contributed by atoms with van der Waals surface area (Å²) in [5.74, 6) is -50.8. The molecule has 15 heteroatoms. The number of aliphatic hydroxyl groups is 1. The first-order chi connectivity index (χ1) is 14.1. The molecule has 0 rings (SSSR count). The summed E-state index contributed by atoms with van der Waals surface area (Å²) in [6.07, 6.45) is -4.59. The normalized spacial score (nSPS) is 15.6. The molecule has 1 N–H and O–H groups in total. The molecule has 0 heterocycles. The van der Waals surface area contributed by atoms with Crippen LogP contribution in [0.4, 0.5) is 61.5 Å². The number of alkyl halides is 14. The zero-order valence-corrected chi connectivity index (χ0v) is 16.3. The summed E-state index contributed by atoms with van der Waals surface area (Å²) in [7, 11) is 0. The Bertz CT molecular complexity index is 627. The van der Waals surface area contributed by atoms with Crippen LogP contribution < -0.4 is 0 Å². The van der Waals surface area contributed by atoms with Gasteiger partial charge in [-0.15, -0.1) is 0 Å². The van der Waals surface area contributed by atoms with Gasteiger partial charge in [-0.3, -0.25) is 0 Å². The predicted molar refractivity (Wildman–Crippen MR) is 84.2 cm³/mol.